The summed E-state index contributed by atoms with van der Waals surface area (Å²) in [5, 5.41) is 7.53. The number of halogens is 1. The van der Waals surface area contributed by atoms with Crippen molar-refractivity contribution in [1.29, 1.82) is 0 Å². The first kappa shape index (κ1) is 16.3. The molecule has 23 heavy (non-hydrogen) atoms. The normalized spacial score (nSPS) is 17.5. The molecule has 1 aliphatic heterocycles. The summed E-state index contributed by atoms with van der Waals surface area (Å²) in [7, 11) is 0. The number of aromatic amines is 1. The molecule has 0 aliphatic carbocycles. The predicted octanol–water partition coefficient (Wildman–Crippen LogP) is 2.38. The van der Waals surface area contributed by atoms with Crippen LogP contribution in [0.4, 0.5) is 0 Å². The number of ether oxygens (including phenoxy) is 1. The van der Waals surface area contributed by atoms with Crippen molar-refractivity contribution >= 4 is 29.1 Å². The molecule has 0 spiro atoms. The Morgan fingerprint density at radius 1 is 1.43 bits per heavy atom. The van der Waals surface area contributed by atoms with Crippen LogP contribution in [0.15, 0.2) is 34.2 Å². The fourth-order valence-electron chi connectivity index (χ4n) is 2.42. The fourth-order valence-corrected chi connectivity index (χ4v) is 3.39. The van der Waals surface area contributed by atoms with Gasteiger partial charge in [-0.15, -0.1) is 5.10 Å². The van der Waals surface area contributed by atoms with E-state index in [2.05, 4.69) is 10.2 Å². The maximum absolute atomic E-state index is 12.2. The lowest BCUT2D eigenvalue weighted by atomic mass is 10.1. The van der Waals surface area contributed by atoms with E-state index in [0.29, 0.717) is 22.3 Å². The van der Waals surface area contributed by atoms with Gasteiger partial charge < -0.3 is 4.74 Å². The Balaban J connectivity index is 1.64. The highest BCUT2D eigenvalue weighted by Crippen LogP contribution is 2.19. The molecular formula is C15H16ClN3O3S. The molecule has 1 saturated heterocycles. The second-order valence-electron chi connectivity index (χ2n) is 5.28. The van der Waals surface area contributed by atoms with Crippen molar-refractivity contribution in [3.63, 3.8) is 0 Å². The molecule has 1 aliphatic rings. The maximum Gasteiger partial charge on any atom is 0.344 e. The average Bonchev–Trinajstić information content (AvgIpc) is 3.18. The van der Waals surface area contributed by atoms with Gasteiger partial charge in [0.2, 0.25) is 0 Å². The van der Waals surface area contributed by atoms with E-state index < -0.39 is 0 Å². The third kappa shape index (κ3) is 4.04. The molecule has 0 bridgehead atoms. The van der Waals surface area contributed by atoms with Crippen molar-refractivity contribution < 1.29 is 9.53 Å². The molecule has 8 heteroatoms. The molecular weight excluding hydrogens is 338 g/mol. The van der Waals surface area contributed by atoms with E-state index in [4.69, 9.17) is 16.3 Å². The number of carbonyl (C=O) groups is 1. The van der Waals surface area contributed by atoms with Crippen LogP contribution in [-0.4, -0.2) is 39.0 Å². The number of hydrogen-bond acceptors (Lipinski definition) is 5. The van der Waals surface area contributed by atoms with E-state index in [1.165, 1.54) is 16.3 Å². The summed E-state index contributed by atoms with van der Waals surface area (Å²) in [6, 6.07) is 6.74. The van der Waals surface area contributed by atoms with E-state index >= 15 is 0 Å². The molecule has 2 heterocycles. The van der Waals surface area contributed by atoms with Gasteiger partial charge in [-0.25, -0.2) is 9.89 Å². The number of ketones is 1. The molecule has 0 radical (unpaired) electrons. The van der Waals surface area contributed by atoms with Gasteiger partial charge in [0.05, 0.1) is 18.4 Å². The zero-order chi connectivity index (χ0) is 16.2. The lowest BCUT2D eigenvalue weighted by molar-refractivity contribution is 0.0941. The second-order valence-corrected chi connectivity index (χ2v) is 6.65. The van der Waals surface area contributed by atoms with Gasteiger partial charge in [-0.2, -0.15) is 0 Å². The van der Waals surface area contributed by atoms with Gasteiger partial charge in [0.25, 0.3) is 0 Å². The minimum atomic E-state index is -0.276. The number of rotatable bonds is 6. The third-order valence-electron chi connectivity index (χ3n) is 3.63. The Morgan fingerprint density at radius 2 is 2.22 bits per heavy atom. The van der Waals surface area contributed by atoms with Crippen molar-refractivity contribution in [2.75, 3.05) is 12.4 Å². The van der Waals surface area contributed by atoms with Crippen molar-refractivity contribution in [1.82, 2.24) is 14.8 Å². The molecule has 0 unspecified atom stereocenters. The number of benzene rings is 1. The lowest BCUT2D eigenvalue weighted by Crippen LogP contribution is -2.25. The molecule has 2 aromatic rings. The molecule has 6 nitrogen and oxygen atoms in total. The van der Waals surface area contributed by atoms with Crippen LogP contribution in [-0.2, 0) is 11.3 Å². The summed E-state index contributed by atoms with van der Waals surface area (Å²) in [6.07, 6.45) is 1.98. The number of H-pyrrole nitrogens is 1. The maximum atomic E-state index is 12.2. The summed E-state index contributed by atoms with van der Waals surface area (Å²) in [4.78, 5) is 24.0. The van der Waals surface area contributed by atoms with Crippen molar-refractivity contribution in [3.8, 4) is 0 Å². The standard InChI is InChI=1S/C15H16ClN3O3S/c16-11-5-3-10(4-6-11)13(20)9-23-15-18-17-14(21)19(15)8-12-2-1-7-22-12/h3-6,12H,1-2,7-9H2,(H,17,21)/t12-/m1/s1. The molecule has 1 fully saturated rings. The Kier molecular flexibility index (Phi) is 5.20. The molecule has 0 amide bonds. The van der Waals surface area contributed by atoms with Gasteiger partial charge in [0.1, 0.15) is 0 Å². The zero-order valence-electron chi connectivity index (χ0n) is 12.3. The van der Waals surface area contributed by atoms with Crippen LogP contribution < -0.4 is 5.69 Å². The van der Waals surface area contributed by atoms with Crippen LogP contribution in [0.3, 0.4) is 0 Å². The number of carbonyl (C=O) groups excluding carboxylic acids is 1. The molecule has 122 valence electrons. The summed E-state index contributed by atoms with van der Waals surface area (Å²) < 4.78 is 7.09. The van der Waals surface area contributed by atoms with Crippen LogP contribution in [0.25, 0.3) is 0 Å². The minimum absolute atomic E-state index is 0.0363. The number of nitrogens with one attached hydrogen (secondary N) is 1. The van der Waals surface area contributed by atoms with Crippen LogP contribution in [0, 0.1) is 0 Å². The van der Waals surface area contributed by atoms with Crippen molar-refractivity contribution in [3.05, 3.63) is 45.3 Å². The smallest absolute Gasteiger partial charge is 0.344 e. The number of hydrogen-bond donors (Lipinski definition) is 1. The van der Waals surface area contributed by atoms with Gasteiger partial charge in [-0.1, -0.05) is 23.4 Å². The van der Waals surface area contributed by atoms with Gasteiger partial charge in [-0.3, -0.25) is 9.36 Å². The van der Waals surface area contributed by atoms with Crippen LogP contribution in [0.2, 0.25) is 5.02 Å². The Hall–Kier alpha value is -1.57. The van der Waals surface area contributed by atoms with Crippen LogP contribution in [0.5, 0.6) is 0 Å². The van der Waals surface area contributed by atoms with E-state index in [1.54, 1.807) is 24.3 Å². The number of thioether (sulfide) groups is 1. The highest BCUT2D eigenvalue weighted by molar-refractivity contribution is 7.99. The topological polar surface area (TPSA) is 77.0 Å². The lowest BCUT2D eigenvalue weighted by Gasteiger charge is -2.10. The van der Waals surface area contributed by atoms with Crippen molar-refractivity contribution in [2.45, 2.75) is 30.6 Å². The van der Waals surface area contributed by atoms with Crippen molar-refractivity contribution in [2.24, 2.45) is 0 Å². The fraction of sp³-hybridized carbons (Fsp3) is 0.400. The summed E-state index contributed by atoms with van der Waals surface area (Å²) >= 11 is 7.05. The highest BCUT2D eigenvalue weighted by Gasteiger charge is 2.20. The molecule has 1 aromatic carbocycles. The van der Waals surface area contributed by atoms with Gasteiger partial charge in [0, 0.05) is 17.2 Å². The molecule has 0 saturated carbocycles. The van der Waals surface area contributed by atoms with Gasteiger partial charge >= 0.3 is 5.69 Å². The zero-order valence-corrected chi connectivity index (χ0v) is 13.9. The summed E-state index contributed by atoms with van der Waals surface area (Å²) in [6.45, 7) is 1.20. The molecule has 3 rings (SSSR count). The first-order valence-electron chi connectivity index (χ1n) is 7.32. The van der Waals surface area contributed by atoms with Crippen LogP contribution >= 0.6 is 23.4 Å². The number of aromatic nitrogens is 3. The molecule has 1 N–H and O–H groups in total. The van der Waals surface area contributed by atoms with E-state index in [1.807, 2.05) is 0 Å². The quantitative estimate of drug-likeness (QED) is 0.637. The summed E-state index contributed by atoms with van der Waals surface area (Å²) in [5.74, 6) is 0.169. The van der Waals surface area contributed by atoms with Crippen LogP contribution in [0.1, 0.15) is 23.2 Å². The second kappa shape index (κ2) is 7.33. The largest absolute Gasteiger partial charge is 0.376 e. The van der Waals surface area contributed by atoms with Gasteiger partial charge in [-0.05, 0) is 37.1 Å². The molecule has 1 aromatic heterocycles. The summed E-state index contributed by atoms with van der Waals surface area (Å²) in [5.41, 5.74) is 0.312. The monoisotopic (exact) mass is 353 g/mol. The first-order chi connectivity index (χ1) is 11.1. The van der Waals surface area contributed by atoms with E-state index in [-0.39, 0.29) is 23.3 Å². The number of Topliss-reactive ketones (excluding diaryl/α,β-unsaturated/α-hetero) is 1. The van der Waals surface area contributed by atoms with Gasteiger partial charge in [0.15, 0.2) is 10.9 Å². The Labute approximate surface area is 142 Å². The highest BCUT2D eigenvalue weighted by atomic mass is 35.5. The average molecular weight is 354 g/mol. The Bertz CT molecular complexity index is 735. The number of nitrogens with zero attached hydrogens (tertiary/aromatic N) is 2. The van der Waals surface area contributed by atoms with E-state index in [9.17, 15) is 9.59 Å². The van der Waals surface area contributed by atoms with E-state index in [0.717, 1.165) is 19.4 Å². The minimum Gasteiger partial charge on any atom is -0.376 e. The Morgan fingerprint density at radius 3 is 2.91 bits per heavy atom. The third-order valence-corrected chi connectivity index (χ3v) is 4.86. The molecule has 1 atom stereocenters. The first-order valence-corrected chi connectivity index (χ1v) is 8.68. The SMILES string of the molecule is O=C(CSc1n[nH]c(=O)n1C[C@H]1CCCO1)c1ccc(Cl)cc1. The predicted molar refractivity (Wildman–Crippen MR) is 88.3 cm³/mol.